The molecule has 0 aromatic heterocycles. The van der Waals surface area contributed by atoms with Crippen LogP contribution >= 0.6 is 12.4 Å². The van der Waals surface area contributed by atoms with Crippen molar-refractivity contribution in [3.63, 3.8) is 0 Å². The van der Waals surface area contributed by atoms with Gasteiger partial charge in [-0.15, -0.1) is 12.4 Å². The summed E-state index contributed by atoms with van der Waals surface area (Å²) in [6.45, 7) is 3.09. The van der Waals surface area contributed by atoms with Crippen LogP contribution in [-0.2, 0) is 16.8 Å². The van der Waals surface area contributed by atoms with Crippen LogP contribution in [0, 0.1) is 5.92 Å². The molecule has 0 spiro atoms. The lowest BCUT2D eigenvalue weighted by molar-refractivity contribution is 0.185. The Hall–Kier alpha value is -0.570. The molecule has 1 aromatic carbocycles. The lowest BCUT2D eigenvalue weighted by Gasteiger charge is -2.12. The lowest BCUT2D eigenvalue weighted by Crippen LogP contribution is -2.19. The Bertz CT molecular complexity index is 365. The van der Waals surface area contributed by atoms with Gasteiger partial charge < -0.3 is 10.1 Å². The summed E-state index contributed by atoms with van der Waals surface area (Å²) in [5, 5.41) is 3.48. The van der Waals surface area contributed by atoms with Crippen LogP contribution in [0.3, 0.4) is 0 Å². The second-order valence-electron chi connectivity index (χ2n) is 4.82. The maximum Gasteiger partial charge on any atom is 0.0713 e. The molecule has 1 heterocycles. The van der Waals surface area contributed by atoms with E-state index in [1.54, 1.807) is 7.11 Å². The summed E-state index contributed by atoms with van der Waals surface area (Å²) >= 11 is 0. The van der Waals surface area contributed by atoms with Gasteiger partial charge in [-0.1, -0.05) is 24.3 Å². The molecule has 1 saturated heterocycles. The number of nitrogens with one attached hydrogen (secondary N) is 1. The monoisotopic (exact) mass is 239 g/mol. The van der Waals surface area contributed by atoms with Crippen LogP contribution in [0.25, 0.3) is 0 Å². The number of hydrogen-bond donors (Lipinski definition) is 1. The Labute approximate surface area is 103 Å². The third kappa shape index (κ3) is 1.75. The van der Waals surface area contributed by atoms with Crippen LogP contribution < -0.4 is 5.32 Å². The zero-order valence-corrected chi connectivity index (χ0v) is 10.3. The van der Waals surface area contributed by atoms with Crippen LogP contribution in [0.1, 0.15) is 17.5 Å². The van der Waals surface area contributed by atoms with Crippen LogP contribution in [0.5, 0.6) is 0 Å². The van der Waals surface area contributed by atoms with Crippen molar-refractivity contribution in [2.24, 2.45) is 5.92 Å². The highest BCUT2D eigenvalue weighted by atomic mass is 35.5. The first-order valence-electron chi connectivity index (χ1n) is 5.64. The highest BCUT2D eigenvalue weighted by Crippen LogP contribution is 2.56. The molecule has 2 fully saturated rings. The summed E-state index contributed by atoms with van der Waals surface area (Å²) in [7, 11) is 1.74. The molecule has 2 aliphatic rings. The number of halogens is 1. The van der Waals surface area contributed by atoms with Gasteiger partial charge in [0.25, 0.3) is 0 Å². The highest BCUT2D eigenvalue weighted by molar-refractivity contribution is 5.85. The van der Waals surface area contributed by atoms with Crippen molar-refractivity contribution in [3.05, 3.63) is 35.4 Å². The van der Waals surface area contributed by atoms with Gasteiger partial charge in [-0.25, -0.2) is 0 Å². The number of methoxy groups -OCH3 is 1. The Morgan fingerprint density at radius 3 is 2.62 bits per heavy atom. The van der Waals surface area contributed by atoms with E-state index in [0.717, 1.165) is 12.5 Å². The molecule has 1 aromatic rings. The van der Waals surface area contributed by atoms with E-state index in [2.05, 4.69) is 29.6 Å². The SMILES string of the molecule is COCc1ccc(C23CNCC2C3)cc1.Cl. The maximum absolute atomic E-state index is 5.12. The van der Waals surface area contributed by atoms with Crippen LogP contribution in [0.2, 0.25) is 0 Å². The van der Waals surface area contributed by atoms with Gasteiger partial charge in [0.05, 0.1) is 6.61 Å². The second-order valence-corrected chi connectivity index (χ2v) is 4.82. The molecular formula is C13H18ClNO. The molecule has 0 bridgehead atoms. The van der Waals surface area contributed by atoms with E-state index in [1.807, 2.05) is 0 Å². The van der Waals surface area contributed by atoms with Gasteiger partial charge in [0.15, 0.2) is 0 Å². The molecule has 1 aliphatic carbocycles. The van der Waals surface area contributed by atoms with Crippen molar-refractivity contribution in [2.75, 3.05) is 20.2 Å². The minimum atomic E-state index is 0. The van der Waals surface area contributed by atoms with Gasteiger partial charge in [-0.3, -0.25) is 0 Å². The average Bonchev–Trinajstić information content (AvgIpc) is 2.83. The minimum Gasteiger partial charge on any atom is -0.380 e. The highest BCUT2D eigenvalue weighted by Gasteiger charge is 2.57. The quantitative estimate of drug-likeness (QED) is 0.873. The standard InChI is InChI=1S/C13H17NO.ClH/c1-15-8-10-2-4-11(5-3-10)13-6-12(13)7-14-9-13;/h2-5,12,14H,6-9H2,1H3;1H. The van der Waals surface area contributed by atoms with E-state index in [9.17, 15) is 0 Å². The van der Waals surface area contributed by atoms with E-state index in [1.165, 1.54) is 30.6 Å². The number of ether oxygens (including phenoxy) is 1. The van der Waals surface area contributed by atoms with Gasteiger partial charge in [0.2, 0.25) is 0 Å². The number of rotatable bonds is 3. The van der Waals surface area contributed by atoms with Gasteiger partial charge >= 0.3 is 0 Å². The van der Waals surface area contributed by atoms with Crippen molar-refractivity contribution in [1.82, 2.24) is 5.32 Å². The number of benzene rings is 1. The molecule has 88 valence electrons. The molecular weight excluding hydrogens is 222 g/mol. The Kier molecular flexibility index (Phi) is 3.24. The molecule has 3 rings (SSSR count). The largest absolute Gasteiger partial charge is 0.380 e. The van der Waals surface area contributed by atoms with Crippen LogP contribution in [0.15, 0.2) is 24.3 Å². The molecule has 1 saturated carbocycles. The third-order valence-electron chi connectivity index (χ3n) is 3.90. The zero-order chi connectivity index (χ0) is 10.3. The van der Waals surface area contributed by atoms with Crippen LogP contribution in [-0.4, -0.2) is 20.2 Å². The lowest BCUT2D eigenvalue weighted by atomic mass is 9.94. The molecule has 2 nitrogen and oxygen atoms in total. The number of fused-ring (bicyclic) bond motifs is 1. The second kappa shape index (κ2) is 4.36. The van der Waals surface area contributed by atoms with E-state index in [4.69, 9.17) is 4.74 Å². The summed E-state index contributed by atoms with van der Waals surface area (Å²) in [6, 6.07) is 8.95. The van der Waals surface area contributed by atoms with Crippen LogP contribution in [0.4, 0.5) is 0 Å². The smallest absolute Gasteiger partial charge is 0.0713 e. The van der Waals surface area contributed by atoms with Gasteiger partial charge in [-0.2, -0.15) is 0 Å². The van der Waals surface area contributed by atoms with E-state index < -0.39 is 0 Å². The van der Waals surface area contributed by atoms with Gasteiger partial charge in [-0.05, 0) is 30.0 Å². The minimum absolute atomic E-state index is 0. The summed E-state index contributed by atoms with van der Waals surface area (Å²) in [5.74, 6) is 0.894. The Morgan fingerprint density at radius 1 is 1.38 bits per heavy atom. The summed E-state index contributed by atoms with van der Waals surface area (Å²) in [4.78, 5) is 0. The molecule has 3 heteroatoms. The van der Waals surface area contributed by atoms with Gasteiger partial charge in [0.1, 0.15) is 0 Å². The third-order valence-corrected chi connectivity index (χ3v) is 3.90. The average molecular weight is 240 g/mol. The van der Waals surface area contributed by atoms with Crippen molar-refractivity contribution in [1.29, 1.82) is 0 Å². The number of hydrogen-bond acceptors (Lipinski definition) is 2. The van der Waals surface area contributed by atoms with Crippen molar-refractivity contribution >= 4 is 12.4 Å². The Morgan fingerprint density at radius 2 is 2.12 bits per heavy atom. The van der Waals surface area contributed by atoms with Gasteiger partial charge in [0, 0.05) is 19.1 Å². The van der Waals surface area contributed by atoms with E-state index in [-0.39, 0.29) is 12.4 Å². The predicted octanol–water partition coefficient (Wildman–Crippen LogP) is 2.12. The van der Waals surface area contributed by atoms with Crippen molar-refractivity contribution in [2.45, 2.75) is 18.4 Å². The molecule has 0 amide bonds. The van der Waals surface area contributed by atoms with E-state index >= 15 is 0 Å². The maximum atomic E-state index is 5.12. The molecule has 2 unspecified atom stereocenters. The summed E-state index contributed by atoms with van der Waals surface area (Å²) in [5.41, 5.74) is 3.27. The number of piperidine rings is 1. The fourth-order valence-corrected chi connectivity index (χ4v) is 2.89. The molecule has 2 atom stereocenters. The summed E-state index contributed by atoms with van der Waals surface area (Å²) in [6.07, 6.45) is 1.38. The Balaban J connectivity index is 0.000000963. The predicted molar refractivity (Wildman–Crippen MR) is 67.1 cm³/mol. The van der Waals surface area contributed by atoms with Crippen molar-refractivity contribution in [3.8, 4) is 0 Å². The normalized spacial score (nSPS) is 30.7. The summed E-state index contributed by atoms with van der Waals surface area (Å²) < 4.78 is 5.12. The fraction of sp³-hybridized carbons (Fsp3) is 0.538. The first-order valence-corrected chi connectivity index (χ1v) is 5.64. The fourth-order valence-electron chi connectivity index (χ4n) is 2.89. The first kappa shape index (κ1) is 11.9. The van der Waals surface area contributed by atoms with Crippen molar-refractivity contribution < 1.29 is 4.74 Å². The van der Waals surface area contributed by atoms with E-state index in [0.29, 0.717) is 5.41 Å². The first-order chi connectivity index (χ1) is 7.35. The molecule has 16 heavy (non-hydrogen) atoms. The topological polar surface area (TPSA) is 21.3 Å². The zero-order valence-electron chi connectivity index (χ0n) is 9.53. The molecule has 1 N–H and O–H groups in total. The molecule has 1 aliphatic heterocycles. The molecule has 0 radical (unpaired) electrons.